The largest absolute Gasteiger partial charge is 0.274 e. The molecule has 2 nitrogen and oxygen atoms in total. The van der Waals surface area contributed by atoms with Crippen LogP contribution in [0.4, 0.5) is 0 Å². The molecule has 0 aromatic heterocycles. The lowest BCUT2D eigenvalue weighted by molar-refractivity contribution is 0.556. The van der Waals surface area contributed by atoms with Crippen molar-refractivity contribution in [2.45, 2.75) is 0 Å². The first-order valence-corrected chi connectivity index (χ1v) is 2.35. The average molecular weight is 105 g/mol. The molecule has 2 heteroatoms. The van der Waals surface area contributed by atoms with Crippen LogP contribution in [0.3, 0.4) is 0 Å². The van der Waals surface area contributed by atoms with Crippen molar-refractivity contribution in [3.63, 3.8) is 0 Å². The first-order valence-electron chi connectivity index (χ1n) is 2.35. The van der Waals surface area contributed by atoms with Crippen molar-refractivity contribution in [2.75, 3.05) is 6.54 Å². The topological polar surface area (TPSA) is 27.0 Å². The second-order valence-electron chi connectivity index (χ2n) is 1.43. The second-order valence-corrected chi connectivity index (χ2v) is 1.43. The second kappa shape index (κ2) is 2.17. The van der Waals surface area contributed by atoms with Gasteiger partial charge < -0.3 is 0 Å². The van der Waals surface area contributed by atoms with Gasteiger partial charge in [-0.15, -0.1) is 0 Å². The van der Waals surface area contributed by atoms with E-state index in [-0.39, 0.29) is 0 Å². The van der Waals surface area contributed by atoms with E-state index in [2.05, 4.69) is 6.20 Å². The van der Waals surface area contributed by atoms with Gasteiger partial charge in [0.1, 0.15) is 0 Å². The number of hydrogen-bond donors (Lipinski definition) is 0. The van der Waals surface area contributed by atoms with E-state index in [9.17, 15) is 0 Å². The molecular weight excluding hydrogens is 100 g/mol. The van der Waals surface area contributed by atoms with Gasteiger partial charge in [-0.05, 0) is 6.08 Å². The van der Waals surface area contributed by atoms with Crippen LogP contribution in [0.2, 0.25) is 0 Å². The Morgan fingerprint density at radius 2 is 2.62 bits per heavy atom. The number of rotatable bonds is 0. The van der Waals surface area contributed by atoms with Gasteiger partial charge in [0, 0.05) is 0 Å². The summed E-state index contributed by atoms with van der Waals surface area (Å²) in [5.74, 6) is 0. The molecule has 0 bridgehead atoms. The molecule has 0 N–H and O–H groups in total. The summed E-state index contributed by atoms with van der Waals surface area (Å²) in [7, 11) is 0. The van der Waals surface area contributed by atoms with Crippen molar-refractivity contribution in [1.29, 1.82) is 5.26 Å². The summed E-state index contributed by atoms with van der Waals surface area (Å²) in [6.07, 6.45) is 10.2. The first kappa shape index (κ1) is 4.92. The molecule has 1 aliphatic rings. The van der Waals surface area contributed by atoms with E-state index in [0.29, 0.717) is 6.54 Å². The Balaban J connectivity index is 2.55. The summed E-state index contributed by atoms with van der Waals surface area (Å²) in [5.41, 5.74) is 0. The minimum Gasteiger partial charge on any atom is -0.274 e. The summed E-state index contributed by atoms with van der Waals surface area (Å²) in [6, 6.07) is 0. The Hall–Kier alpha value is -1.23. The van der Waals surface area contributed by atoms with Crippen molar-refractivity contribution in [3.8, 4) is 6.19 Å². The van der Waals surface area contributed by atoms with Gasteiger partial charge in [0.15, 0.2) is 6.19 Å². The molecule has 0 fully saturated rings. The zero-order valence-corrected chi connectivity index (χ0v) is 4.33. The Kier molecular flexibility index (Phi) is 1.34. The molecule has 1 heterocycles. The first-order chi connectivity index (χ1) is 3.93. The van der Waals surface area contributed by atoms with E-state index in [1.807, 2.05) is 18.3 Å². The fourth-order valence-electron chi connectivity index (χ4n) is 0.490. The lowest BCUT2D eigenvalue weighted by Gasteiger charge is -2.06. The highest BCUT2D eigenvalue weighted by atomic mass is 15.1. The maximum absolute atomic E-state index is 8.25. The lowest BCUT2D eigenvalue weighted by Crippen LogP contribution is -2.11. The highest BCUT2D eigenvalue weighted by molar-refractivity contribution is 5.07. The Labute approximate surface area is 48.3 Å². The number of hydrogen-bond acceptors (Lipinski definition) is 2. The highest BCUT2D eigenvalue weighted by Crippen LogP contribution is 1.92. The third-order valence-corrected chi connectivity index (χ3v) is 0.871. The van der Waals surface area contributed by atoms with Crippen molar-refractivity contribution in [1.82, 2.24) is 4.90 Å². The van der Waals surface area contributed by atoms with Crippen LogP contribution < -0.4 is 0 Å². The number of nitrogens with zero attached hydrogens (tertiary/aromatic N) is 2. The predicted octanol–water partition coefficient (Wildman–Crippen LogP) is 0.656. The van der Waals surface area contributed by atoms with Crippen LogP contribution in [0.15, 0.2) is 18.2 Å². The molecule has 0 saturated carbocycles. The summed E-state index contributed by atoms with van der Waals surface area (Å²) in [4.78, 5) is 1.43. The molecule has 0 aliphatic carbocycles. The van der Waals surface area contributed by atoms with Crippen molar-refractivity contribution in [2.24, 2.45) is 0 Å². The molecule has 1 rings (SSSR count). The molecule has 0 spiro atoms. The van der Waals surface area contributed by atoms with Crippen molar-refractivity contribution < 1.29 is 0 Å². The van der Waals surface area contributed by atoms with Crippen LogP contribution in [0.25, 0.3) is 0 Å². The zero-order valence-electron chi connectivity index (χ0n) is 4.33. The maximum atomic E-state index is 8.25. The smallest absolute Gasteiger partial charge is 0.184 e. The van der Waals surface area contributed by atoms with E-state index >= 15 is 0 Å². The molecule has 8 heavy (non-hydrogen) atoms. The van der Waals surface area contributed by atoms with Crippen molar-refractivity contribution >= 4 is 0 Å². The molecule has 1 aliphatic heterocycles. The minimum atomic E-state index is 0.660. The minimum absolute atomic E-state index is 0.660. The van der Waals surface area contributed by atoms with Gasteiger partial charge in [0.25, 0.3) is 0 Å². The van der Waals surface area contributed by atoms with Crippen molar-refractivity contribution in [3.05, 3.63) is 24.4 Å². The third-order valence-electron chi connectivity index (χ3n) is 0.871. The third kappa shape index (κ3) is 0.881. The van der Waals surface area contributed by atoms with Gasteiger partial charge in [-0.3, -0.25) is 4.90 Å². The molecule has 0 amide bonds. The van der Waals surface area contributed by atoms with E-state index in [1.165, 1.54) is 4.90 Å². The Morgan fingerprint density at radius 3 is 3.00 bits per heavy atom. The van der Waals surface area contributed by atoms with Gasteiger partial charge in [0.05, 0.1) is 12.7 Å². The van der Waals surface area contributed by atoms with E-state index in [4.69, 9.17) is 5.26 Å². The molecule has 0 saturated heterocycles. The van der Waals surface area contributed by atoms with Crippen LogP contribution in [-0.2, 0) is 0 Å². The summed E-state index contributed by atoms with van der Waals surface area (Å²) in [5, 5.41) is 8.25. The van der Waals surface area contributed by atoms with E-state index in [0.717, 1.165) is 0 Å². The number of allylic oxidation sites excluding steroid dienone is 2. The molecule has 0 aromatic rings. The lowest BCUT2D eigenvalue weighted by atomic mass is 10.4. The van der Waals surface area contributed by atoms with Gasteiger partial charge >= 0.3 is 0 Å². The molecule has 1 radical (unpaired) electrons. The monoisotopic (exact) mass is 105 g/mol. The van der Waals surface area contributed by atoms with Gasteiger partial charge in [-0.1, -0.05) is 12.2 Å². The standard InChI is InChI=1S/C6H5N2/c7-6-8-4-2-1-3-5-8/h1-3H,4H2. The summed E-state index contributed by atoms with van der Waals surface area (Å²) in [6.45, 7) is 0.660. The molecule has 39 valence electrons. The van der Waals surface area contributed by atoms with E-state index in [1.54, 1.807) is 6.08 Å². The van der Waals surface area contributed by atoms with Crippen LogP contribution >= 0.6 is 0 Å². The fourth-order valence-corrected chi connectivity index (χ4v) is 0.490. The SMILES string of the molecule is N#CN1[C]=CC=CC1. The van der Waals surface area contributed by atoms with Crippen LogP contribution in [0, 0.1) is 17.7 Å². The Morgan fingerprint density at radius 1 is 1.75 bits per heavy atom. The van der Waals surface area contributed by atoms with Crippen LogP contribution in [0.1, 0.15) is 0 Å². The average Bonchev–Trinajstić information content (AvgIpc) is 1.90. The highest BCUT2D eigenvalue weighted by Gasteiger charge is 1.93. The van der Waals surface area contributed by atoms with Gasteiger partial charge in [-0.2, -0.15) is 5.26 Å². The van der Waals surface area contributed by atoms with E-state index < -0.39 is 0 Å². The Bertz CT molecular complexity index is 162. The zero-order chi connectivity index (χ0) is 5.82. The summed E-state index contributed by atoms with van der Waals surface area (Å²) >= 11 is 0. The quantitative estimate of drug-likeness (QED) is 0.423. The van der Waals surface area contributed by atoms with Crippen LogP contribution in [0.5, 0.6) is 0 Å². The molecule has 0 unspecified atom stereocenters. The molecular formula is C6H5N2. The maximum Gasteiger partial charge on any atom is 0.184 e. The van der Waals surface area contributed by atoms with Gasteiger partial charge in [0.2, 0.25) is 0 Å². The normalized spacial score (nSPS) is 16.1. The predicted molar refractivity (Wildman–Crippen MR) is 29.3 cm³/mol. The fraction of sp³-hybridized carbons (Fsp3) is 0.167. The van der Waals surface area contributed by atoms with Crippen LogP contribution in [-0.4, -0.2) is 11.4 Å². The number of nitriles is 1. The molecule has 0 aromatic carbocycles. The van der Waals surface area contributed by atoms with Gasteiger partial charge in [-0.25, -0.2) is 0 Å². The summed E-state index contributed by atoms with van der Waals surface area (Å²) < 4.78 is 0. The molecule has 0 atom stereocenters.